The first-order chi connectivity index (χ1) is 16.5. The number of rotatable bonds is 4. The number of nitrogens with one attached hydrogen (secondary N) is 2. The highest BCUT2D eigenvalue weighted by Crippen LogP contribution is 2.29. The lowest BCUT2D eigenvalue weighted by atomic mass is 9.91. The third-order valence-electron chi connectivity index (χ3n) is 5.91. The monoisotopic (exact) mass is 484 g/mol. The molecule has 1 aliphatic carbocycles. The molecule has 10 heteroatoms. The van der Waals surface area contributed by atoms with Crippen molar-refractivity contribution in [1.29, 1.82) is 0 Å². The topological polar surface area (TPSA) is 115 Å². The molecule has 0 unspecified atom stereocenters. The summed E-state index contributed by atoms with van der Waals surface area (Å²) in [7, 11) is 0. The molecule has 0 saturated heterocycles. The normalized spacial score (nSPS) is 18.3. The van der Waals surface area contributed by atoms with Crippen LogP contribution in [0.15, 0.2) is 24.4 Å². The Kier molecular flexibility index (Phi) is 6.73. The molecule has 186 valence electrons. The molecule has 0 bridgehead atoms. The second-order valence-electron chi connectivity index (χ2n) is 9.92. The van der Waals surface area contributed by atoms with E-state index in [1.165, 1.54) is 12.1 Å². The number of nitrogens with zero attached hydrogens (tertiary/aromatic N) is 3. The van der Waals surface area contributed by atoms with E-state index in [4.69, 9.17) is 10.5 Å². The lowest BCUT2D eigenvalue weighted by Crippen LogP contribution is -2.42. The van der Waals surface area contributed by atoms with Crippen molar-refractivity contribution in [3.8, 4) is 11.3 Å². The minimum Gasteiger partial charge on any atom is -0.444 e. The van der Waals surface area contributed by atoms with Crippen LogP contribution in [0.4, 0.5) is 25.2 Å². The summed E-state index contributed by atoms with van der Waals surface area (Å²) in [6.45, 7) is 7.35. The quantitative estimate of drug-likeness (QED) is 0.441. The number of alkyl carbamates (subject to hydrolysis) is 1. The van der Waals surface area contributed by atoms with Crippen molar-refractivity contribution in [3.63, 3.8) is 0 Å². The Morgan fingerprint density at radius 1 is 1.09 bits per heavy atom. The van der Waals surface area contributed by atoms with E-state index in [2.05, 4.69) is 25.6 Å². The van der Waals surface area contributed by atoms with Gasteiger partial charge < -0.3 is 21.1 Å². The Morgan fingerprint density at radius 3 is 2.46 bits per heavy atom. The number of hydrogen-bond donors (Lipinski definition) is 3. The van der Waals surface area contributed by atoms with Gasteiger partial charge in [-0.05, 0) is 77.1 Å². The molecule has 4 N–H and O–H groups in total. The summed E-state index contributed by atoms with van der Waals surface area (Å²) in [4.78, 5) is 25.4. The second kappa shape index (κ2) is 9.59. The van der Waals surface area contributed by atoms with Crippen LogP contribution in [0.2, 0.25) is 0 Å². The first-order valence-electron chi connectivity index (χ1n) is 11.6. The van der Waals surface area contributed by atoms with Crippen LogP contribution in [-0.2, 0) is 4.74 Å². The fraction of sp³-hybridized carbons (Fsp3) is 0.440. The standard InChI is InChI=1S/C25H30F2N6O2/c1-13-11-18(16-9-10-17(28)21(27)20(16)26)32-19-12-29-23(33-22(13)19)30-14-5-7-15(8-6-14)31-24(34)35-25(2,3)4/h9-12,14-15H,5-8,28H2,1-4H3,(H,31,34)(H,29,30,33). The van der Waals surface area contributed by atoms with Gasteiger partial charge in [0.25, 0.3) is 0 Å². The molecule has 0 radical (unpaired) electrons. The minimum atomic E-state index is -1.09. The van der Waals surface area contributed by atoms with Crippen molar-refractivity contribution in [2.75, 3.05) is 11.1 Å². The Morgan fingerprint density at radius 2 is 1.77 bits per heavy atom. The van der Waals surface area contributed by atoms with Gasteiger partial charge in [0.2, 0.25) is 5.95 Å². The van der Waals surface area contributed by atoms with E-state index in [-0.39, 0.29) is 29.0 Å². The molecule has 3 aromatic rings. The highest BCUT2D eigenvalue weighted by Gasteiger charge is 2.25. The number of amides is 1. The van der Waals surface area contributed by atoms with E-state index < -0.39 is 23.3 Å². The van der Waals surface area contributed by atoms with Crippen LogP contribution in [-0.4, -0.2) is 38.7 Å². The Balaban J connectivity index is 1.43. The lowest BCUT2D eigenvalue weighted by molar-refractivity contribution is 0.0492. The Labute approximate surface area is 202 Å². The van der Waals surface area contributed by atoms with Gasteiger partial charge in [-0.3, -0.25) is 0 Å². The van der Waals surface area contributed by atoms with Crippen molar-refractivity contribution in [1.82, 2.24) is 20.3 Å². The molecule has 4 rings (SSSR count). The number of nitrogen functional groups attached to an aromatic ring is 1. The van der Waals surface area contributed by atoms with Crippen molar-refractivity contribution in [2.45, 2.75) is 71.1 Å². The maximum atomic E-state index is 14.4. The average Bonchev–Trinajstić information content (AvgIpc) is 2.78. The molecule has 2 heterocycles. The first-order valence-corrected chi connectivity index (χ1v) is 11.6. The Bertz CT molecular complexity index is 1250. The molecule has 1 aromatic carbocycles. The van der Waals surface area contributed by atoms with E-state index >= 15 is 0 Å². The molecule has 0 spiro atoms. The molecule has 0 aliphatic heterocycles. The maximum Gasteiger partial charge on any atom is 0.407 e. The summed E-state index contributed by atoms with van der Waals surface area (Å²) in [6, 6.07) is 4.63. The van der Waals surface area contributed by atoms with Crippen LogP contribution in [0, 0.1) is 18.6 Å². The smallest absolute Gasteiger partial charge is 0.407 e. The van der Waals surface area contributed by atoms with Crippen molar-refractivity contribution in [2.24, 2.45) is 0 Å². The largest absolute Gasteiger partial charge is 0.444 e. The fourth-order valence-electron chi connectivity index (χ4n) is 4.19. The summed E-state index contributed by atoms with van der Waals surface area (Å²) >= 11 is 0. The molecule has 2 aromatic heterocycles. The number of aryl methyl sites for hydroxylation is 1. The number of nitrogens with two attached hydrogens (primary N) is 1. The second-order valence-corrected chi connectivity index (χ2v) is 9.92. The van der Waals surface area contributed by atoms with Crippen molar-refractivity contribution >= 4 is 28.8 Å². The van der Waals surface area contributed by atoms with Gasteiger partial charge in [0.05, 0.1) is 23.1 Å². The van der Waals surface area contributed by atoms with Gasteiger partial charge in [-0.15, -0.1) is 0 Å². The maximum absolute atomic E-state index is 14.4. The number of halogens is 2. The van der Waals surface area contributed by atoms with Gasteiger partial charge in [0.1, 0.15) is 11.1 Å². The van der Waals surface area contributed by atoms with E-state index in [9.17, 15) is 13.6 Å². The summed E-state index contributed by atoms with van der Waals surface area (Å²) in [5.74, 6) is -1.65. The number of pyridine rings is 1. The van der Waals surface area contributed by atoms with Gasteiger partial charge in [-0.2, -0.15) is 0 Å². The van der Waals surface area contributed by atoms with Crippen LogP contribution in [0.5, 0.6) is 0 Å². The summed E-state index contributed by atoms with van der Waals surface area (Å²) in [5, 5.41) is 6.30. The molecule has 1 saturated carbocycles. The van der Waals surface area contributed by atoms with Gasteiger partial charge in [0.15, 0.2) is 11.6 Å². The third kappa shape index (κ3) is 5.75. The molecule has 35 heavy (non-hydrogen) atoms. The van der Waals surface area contributed by atoms with Crippen LogP contribution in [0.3, 0.4) is 0 Å². The lowest BCUT2D eigenvalue weighted by Gasteiger charge is -2.30. The predicted octanol–water partition coefficient (Wildman–Crippen LogP) is 5.11. The van der Waals surface area contributed by atoms with Crippen LogP contribution in [0.1, 0.15) is 52.0 Å². The third-order valence-corrected chi connectivity index (χ3v) is 5.91. The number of anilines is 2. The van der Waals surface area contributed by atoms with E-state index in [0.29, 0.717) is 17.0 Å². The van der Waals surface area contributed by atoms with E-state index in [1.807, 2.05) is 27.7 Å². The number of hydrogen-bond acceptors (Lipinski definition) is 7. The summed E-state index contributed by atoms with van der Waals surface area (Å²) in [6.07, 6.45) is 4.51. The molecule has 1 amide bonds. The van der Waals surface area contributed by atoms with E-state index in [1.54, 1.807) is 12.3 Å². The number of carbonyl (C=O) groups is 1. The van der Waals surface area contributed by atoms with Crippen LogP contribution in [0.25, 0.3) is 22.3 Å². The first kappa shape index (κ1) is 24.6. The minimum absolute atomic E-state index is 0.0284. The SMILES string of the molecule is Cc1cc(-c2ccc(N)c(F)c2F)nc2cnc(NC3CCC(NC(=O)OC(C)(C)C)CC3)nc12. The van der Waals surface area contributed by atoms with Gasteiger partial charge in [-0.1, -0.05) is 0 Å². The highest BCUT2D eigenvalue weighted by atomic mass is 19.2. The average molecular weight is 485 g/mol. The zero-order valence-corrected chi connectivity index (χ0v) is 20.3. The molecular weight excluding hydrogens is 454 g/mol. The number of carbonyl (C=O) groups excluding carboxylic acids is 1. The zero-order chi connectivity index (χ0) is 25.3. The summed E-state index contributed by atoms with van der Waals surface area (Å²) < 4.78 is 33.7. The predicted molar refractivity (Wildman–Crippen MR) is 131 cm³/mol. The summed E-state index contributed by atoms with van der Waals surface area (Å²) in [5.41, 5.74) is 6.85. The number of ether oxygens (including phenoxy) is 1. The molecule has 0 atom stereocenters. The van der Waals surface area contributed by atoms with Gasteiger partial charge in [0, 0.05) is 17.6 Å². The zero-order valence-electron chi connectivity index (χ0n) is 20.3. The van der Waals surface area contributed by atoms with Gasteiger partial charge in [-0.25, -0.2) is 28.5 Å². The number of aromatic nitrogens is 3. The Hall–Kier alpha value is -3.56. The van der Waals surface area contributed by atoms with Crippen LogP contribution < -0.4 is 16.4 Å². The molecule has 1 aliphatic rings. The highest BCUT2D eigenvalue weighted by molar-refractivity contribution is 5.82. The molecular formula is C25H30F2N6O2. The number of benzene rings is 1. The van der Waals surface area contributed by atoms with Crippen molar-refractivity contribution in [3.05, 3.63) is 41.6 Å². The van der Waals surface area contributed by atoms with E-state index in [0.717, 1.165) is 31.2 Å². The fourth-order valence-corrected chi connectivity index (χ4v) is 4.19. The van der Waals surface area contributed by atoms with Gasteiger partial charge >= 0.3 is 6.09 Å². The molecule has 1 fully saturated rings. The van der Waals surface area contributed by atoms with Crippen LogP contribution >= 0.6 is 0 Å². The number of fused-ring (bicyclic) bond motifs is 1. The molecule has 8 nitrogen and oxygen atoms in total. The van der Waals surface area contributed by atoms with Crippen molar-refractivity contribution < 1.29 is 18.3 Å².